The summed E-state index contributed by atoms with van der Waals surface area (Å²) in [5.74, 6) is -0.744. The zero-order valence-corrected chi connectivity index (χ0v) is 17.9. The summed E-state index contributed by atoms with van der Waals surface area (Å²) in [6, 6.07) is 13.0. The minimum Gasteiger partial charge on any atom is -0.339 e. The van der Waals surface area contributed by atoms with Crippen molar-refractivity contribution in [1.29, 1.82) is 0 Å². The van der Waals surface area contributed by atoms with Crippen LogP contribution in [0.5, 0.6) is 0 Å². The minimum atomic E-state index is -0.375. The van der Waals surface area contributed by atoms with Gasteiger partial charge in [0.1, 0.15) is 5.82 Å². The first kappa shape index (κ1) is 22.5. The van der Waals surface area contributed by atoms with Crippen LogP contribution in [0.15, 0.2) is 48.5 Å². The van der Waals surface area contributed by atoms with Gasteiger partial charge in [0, 0.05) is 50.3 Å². The Hall–Kier alpha value is -3.22. The molecule has 3 rings (SSSR count). The van der Waals surface area contributed by atoms with Gasteiger partial charge in [-0.25, -0.2) is 4.39 Å². The quantitative estimate of drug-likeness (QED) is 0.768. The highest BCUT2D eigenvalue weighted by molar-refractivity contribution is 5.95. The zero-order valence-electron chi connectivity index (χ0n) is 17.9. The summed E-state index contributed by atoms with van der Waals surface area (Å²) in [7, 11) is 0. The Morgan fingerprint density at radius 3 is 2.39 bits per heavy atom. The fourth-order valence-electron chi connectivity index (χ4n) is 3.78. The van der Waals surface area contributed by atoms with Crippen molar-refractivity contribution < 1.29 is 18.8 Å². The van der Waals surface area contributed by atoms with Crippen molar-refractivity contribution in [2.45, 2.75) is 33.2 Å². The molecule has 1 heterocycles. The molecule has 31 heavy (non-hydrogen) atoms. The SMILES string of the molecule is CCN(Cc1cccc(NC(=O)C2CCN(C(=O)c3ccc(F)cc3)CC2)c1)C(C)=O. The van der Waals surface area contributed by atoms with E-state index in [2.05, 4.69) is 5.32 Å². The van der Waals surface area contributed by atoms with Crippen LogP contribution in [0.3, 0.4) is 0 Å². The van der Waals surface area contributed by atoms with E-state index >= 15 is 0 Å². The lowest BCUT2D eigenvalue weighted by atomic mass is 9.95. The van der Waals surface area contributed by atoms with E-state index < -0.39 is 0 Å². The summed E-state index contributed by atoms with van der Waals surface area (Å²) in [4.78, 5) is 40.4. The molecular formula is C24H28FN3O3. The van der Waals surface area contributed by atoms with Crippen molar-refractivity contribution >= 4 is 23.4 Å². The number of likely N-dealkylation sites (tertiary alicyclic amines) is 1. The molecule has 1 saturated heterocycles. The highest BCUT2D eigenvalue weighted by atomic mass is 19.1. The third-order valence-corrected chi connectivity index (χ3v) is 5.64. The lowest BCUT2D eigenvalue weighted by molar-refractivity contribution is -0.129. The Labute approximate surface area is 182 Å². The lowest BCUT2D eigenvalue weighted by Gasteiger charge is -2.31. The molecule has 0 atom stereocenters. The molecule has 2 aromatic rings. The van der Waals surface area contributed by atoms with Crippen molar-refractivity contribution in [2.24, 2.45) is 5.92 Å². The predicted molar refractivity (Wildman–Crippen MR) is 117 cm³/mol. The summed E-state index contributed by atoms with van der Waals surface area (Å²) in [5.41, 5.74) is 2.11. The monoisotopic (exact) mass is 425 g/mol. The second-order valence-corrected chi connectivity index (χ2v) is 7.80. The van der Waals surface area contributed by atoms with Gasteiger partial charge in [-0.1, -0.05) is 12.1 Å². The number of benzene rings is 2. The van der Waals surface area contributed by atoms with Crippen molar-refractivity contribution in [1.82, 2.24) is 9.80 Å². The van der Waals surface area contributed by atoms with Crippen molar-refractivity contribution in [3.05, 3.63) is 65.5 Å². The molecule has 1 aliphatic heterocycles. The minimum absolute atomic E-state index is 0.0129. The number of nitrogens with zero attached hydrogens (tertiary/aromatic N) is 2. The van der Waals surface area contributed by atoms with Crippen LogP contribution in [0.2, 0.25) is 0 Å². The van der Waals surface area contributed by atoms with Gasteiger partial charge in [0.05, 0.1) is 0 Å². The first-order chi connectivity index (χ1) is 14.9. The molecular weight excluding hydrogens is 397 g/mol. The van der Waals surface area contributed by atoms with E-state index in [0.29, 0.717) is 50.3 Å². The van der Waals surface area contributed by atoms with Gasteiger partial charge >= 0.3 is 0 Å². The van der Waals surface area contributed by atoms with Gasteiger partial charge in [-0.2, -0.15) is 0 Å². The van der Waals surface area contributed by atoms with E-state index in [-0.39, 0.29) is 29.5 Å². The molecule has 3 amide bonds. The number of anilines is 1. The number of piperidine rings is 1. The molecule has 1 fully saturated rings. The molecule has 0 radical (unpaired) electrons. The number of hydrogen-bond donors (Lipinski definition) is 1. The number of rotatable bonds is 6. The van der Waals surface area contributed by atoms with Gasteiger partial charge in [-0.05, 0) is 61.7 Å². The van der Waals surface area contributed by atoms with Crippen LogP contribution in [0.4, 0.5) is 10.1 Å². The molecule has 0 aromatic heterocycles. The number of halogens is 1. The van der Waals surface area contributed by atoms with Crippen LogP contribution in [0.25, 0.3) is 0 Å². The number of nitrogens with one attached hydrogen (secondary N) is 1. The Balaban J connectivity index is 1.54. The normalized spacial score (nSPS) is 14.2. The Bertz CT molecular complexity index is 937. The third kappa shape index (κ3) is 5.90. The van der Waals surface area contributed by atoms with E-state index in [0.717, 1.165) is 5.56 Å². The number of carbonyl (C=O) groups excluding carboxylic acids is 3. The second-order valence-electron chi connectivity index (χ2n) is 7.80. The largest absolute Gasteiger partial charge is 0.339 e. The van der Waals surface area contributed by atoms with Crippen LogP contribution in [-0.4, -0.2) is 47.2 Å². The fourth-order valence-corrected chi connectivity index (χ4v) is 3.78. The number of amides is 3. The number of carbonyl (C=O) groups is 3. The third-order valence-electron chi connectivity index (χ3n) is 5.64. The smallest absolute Gasteiger partial charge is 0.253 e. The van der Waals surface area contributed by atoms with Crippen LogP contribution in [-0.2, 0) is 16.1 Å². The van der Waals surface area contributed by atoms with Gasteiger partial charge in [-0.3, -0.25) is 14.4 Å². The van der Waals surface area contributed by atoms with Crippen molar-refractivity contribution in [3.63, 3.8) is 0 Å². The highest BCUT2D eigenvalue weighted by Gasteiger charge is 2.28. The summed E-state index contributed by atoms with van der Waals surface area (Å²) in [6.45, 7) is 5.57. The Morgan fingerprint density at radius 2 is 1.77 bits per heavy atom. The summed E-state index contributed by atoms with van der Waals surface area (Å²) >= 11 is 0. The molecule has 164 valence electrons. The fraction of sp³-hybridized carbons (Fsp3) is 0.375. The van der Waals surface area contributed by atoms with Gasteiger partial charge in [0.25, 0.3) is 5.91 Å². The topological polar surface area (TPSA) is 69.7 Å². The lowest BCUT2D eigenvalue weighted by Crippen LogP contribution is -2.41. The zero-order chi connectivity index (χ0) is 22.4. The Morgan fingerprint density at radius 1 is 1.10 bits per heavy atom. The van der Waals surface area contributed by atoms with E-state index in [4.69, 9.17) is 0 Å². The molecule has 0 unspecified atom stereocenters. The van der Waals surface area contributed by atoms with Crippen LogP contribution in [0.1, 0.15) is 42.6 Å². The van der Waals surface area contributed by atoms with Gasteiger partial charge in [0.15, 0.2) is 0 Å². The molecule has 0 saturated carbocycles. The molecule has 2 aromatic carbocycles. The van der Waals surface area contributed by atoms with Crippen molar-refractivity contribution in [3.8, 4) is 0 Å². The van der Waals surface area contributed by atoms with Gasteiger partial charge in [-0.15, -0.1) is 0 Å². The highest BCUT2D eigenvalue weighted by Crippen LogP contribution is 2.22. The maximum atomic E-state index is 13.1. The summed E-state index contributed by atoms with van der Waals surface area (Å²) < 4.78 is 13.1. The molecule has 1 N–H and O–H groups in total. The standard InChI is InChI=1S/C24H28FN3O3/c1-3-27(17(2)29)16-18-5-4-6-22(15-18)26-23(30)19-11-13-28(14-12-19)24(31)20-7-9-21(25)10-8-20/h4-10,15,19H,3,11-14,16H2,1-2H3,(H,26,30). The summed E-state index contributed by atoms with van der Waals surface area (Å²) in [6.07, 6.45) is 1.15. The predicted octanol–water partition coefficient (Wildman–Crippen LogP) is 3.69. The van der Waals surface area contributed by atoms with Crippen LogP contribution >= 0.6 is 0 Å². The maximum absolute atomic E-state index is 13.1. The molecule has 0 bridgehead atoms. The number of hydrogen-bond acceptors (Lipinski definition) is 3. The van der Waals surface area contributed by atoms with Crippen LogP contribution < -0.4 is 5.32 Å². The Kier molecular flexibility index (Phi) is 7.39. The van der Waals surface area contributed by atoms with Gasteiger partial charge < -0.3 is 15.1 Å². The average molecular weight is 426 g/mol. The summed E-state index contributed by atoms with van der Waals surface area (Å²) in [5, 5.41) is 2.97. The molecule has 0 aliphatic carbocycles. The van der Waals surface area contributed by atoms with E-state index in [1.165, 1.54) is 24.3 Å². The van der Waals surface area contributed by atoms with E-state index in [9.17, 15) is 18.8 Å². The van der Waals surface area contributed by atoms with Crippen molar-refractivity contribution in [2.75, 3.05) is 25.0 Å². The molecule has 1 aliphatic rings. The van der Waals surface area contributed by atoms with Crippen LogP contribution in [0, 0.1) is 11.7 Å². The van der Waals surface area contributed by atoms with E-state index in [1.807, 2.05) is 31.2 Å². The van der Waals surface area contributed by atoms with E-state index in [1.54, 1.807) is 16.7 Å². The van der Waals surface area contributed by atoms with Gasteiger partial charge in [0.2, 0.25) is 11.8 Å². The maximum Gasteiger partial charge on any atom is 0.253 e. The second kappa shape index (κ2) is 10.2. The molecule has 7 heteroatoms. The first-order valence-electron chi connectivity index (χ1n) is 10.6. The molecule has 0 spiro atoms. The molecule has 6 nitrogen and oxygen atoms in total. The average Bonchev–Trinajstić information content (AvgIpc) is 2.77. The first-order valence-corrected chi connectivity index (χ1v) is 10.6.